The van der Waals surface area contributed by atoms with Crippen LogP contribution >= 0.6 is 0 Å². The van der Waals surface area contributed by atoms with Crippen LogP contribution < -0.4 is 4.74 Å². The molecule has 1 aromatic rings. The Kier molecular flexibility index (Phi) is 2.60. The van der Waals surface area contributed by atoms with E-state index in [-0.39, 0.29) is 0 Å². The lowest BCUT2D eigenvalue weighted by molar-refractivity contribution is 0.395. The summed E-state index contributed by atoms with van der Waals surface area (Å²) in [5, 5.41) is 0. The number of ether oxygens (including phenoxy) is 1. The Hall–Kier alpha value is -1.38. The predicted octanol–water partition coefficient (Wildman–Crippen LogP) is 1.21. The highest BCUT2D eigenvalue weighted by Crippen LogP contribution is 2.03. The molecule has 58 valence electrons. The molecule has 0 unspecified atom stereocenters. The van der Waals surface area contributed by atoms with Crippen molar-refractivity contribution in [1.29, 1.82) is 0 Å². The van der Waals surface area contributed by atoms with Gasteiger partial charge in [0.2, 0.25) is 5.88 Å². The Morgan fingerprint density at radius 1 is 1.73 bits per heavy atom. The zero-order chi connectivity index (χ0) is 8.10. The Labute approximate surface area is 65.8 Å². The van der Waals surface area contributed by atoms with Crippen molar-refractivity contribution in [2.75, 3.05) is 7.11 Å². The van der Waals surface area contributed by atoms with Gasteiger partial charge in [-0.3, -0.25) is 0 Å². The second kappa shape index (κ2) is 3.71. The normalized spacial score (nSPS) is 9.18. The van der Waals surface area contributed by atoms with E-state index >= 15 is 0 Å². The van der Waals surface area contributed by atoms with Crippen molar-refractivity contribution in [1.82, 2.24) is 9.97 Å². The van der Waals surface area contributed by atoms with E-state index in [2.05, 4.69) is 16.5 Å². The second-order valence-electron chi connectivity index (χ2n) is 2.01. The molecule has 0 aromatic carbocycles. The fourth-order valence-corrected chi connectivity index (χ4v) is 0.722. The van der Waals surface area contributed by atoms with Crippen molar-refractivity contribution in [3.05, 3.63) is 30.7 Å². The molecular formula is C8H10N2O. The number of rotatable bonds is 3. The van der Waals surface area contributed by atoms with Gasteiger partial charge < -0.3 is 4.74 Å². The SMILES string of the molecule is C=CCc1nccc(OC)n1. The van der Waals surface area contributed by atoms with Crippen LogP contribution in [-0.2, 0) is 6.42 Å². The third-order valence-electron chi connectivity index (χ3n) is 1.22. The molecule has 3 nitrogen and oxygen atoms in total. The molecule has 0 saturated heterocycles. The minimum atomic E-state index is 0.594. The summed E-state index contributed by atoms with van der Waals surface area (Å²) in [5.74, 6) is 1.33. The van der Waals surface area contributed by atoms with Gasteiger partial charge in [-0.05, 0) is 0 Å². The van der Waals surface area contributed by atoms with E-state index < -0.39 is 0 Å². The van der Waals surface area contributed by atoms with Gasteiger partial charge in [0.25, 0.3) is 0 Å². The zero-order valence-electron chi connectivity index (χ0n) is 6.45. The number of hydrogen-bond donors (Lipinski definition) is 0. The molecule has 1 aromatic heterocycles. The first-order chi connectivity index (χ1) is 5.36. The second-order valence-corrected chi connectivity index (χ2v) is 2.01. The van der Waals surface area contributed by atoms with Gasteiger partial charge in [0.05, 0.1) is 7.11 Å². The fraction of sp³-hybridized carbons (Fsp3) is 0.250. The monoisotopic (exact) mass is 150 g/mol. The van der Waals surface area contributed by atoms with E-state index in [0.717, 1.165) is 5.82 Å². The molecule has 0 aliphatic heterocycles. The molecule has 0 amide bonds. The standard InChI is InChI=1S/C8H10N2O/c1-3-4-7-9-6-5-8(10-7)11-2/h3,5-6H,1,4H2,2H3. The summed E-state index contributed by atoms with van der Waals surface area (Å²) in [5.41, 5.74) is 0. The fourth-order valence-electron chi connectivity index (χ4n) is 0.722. The number of hydrogen-bond acceptors (Lipinski definition) is 3. The molecule has 0 bridgehead atoms. The predicted molar refractivity (Wildman–Crippen MR) is 42.5 cm³/mol. The van der Waals surface area contributed by atoms with Crippen molar-refractivity contribution in [2.45, 2.75) is 6.42 Å². The van der Waals surface area contributed by atoms with Crippen LogP contribution in [0.25, 0.3) is 0 Å². The molecular weight excluding hydrogens is 140 g/mol. The smallest absolute Gasteiger partial charge is 0.216 e. The van der Waals surface area contributed by atoms with Crippen LogP contribution in [-0.4, -0.2) is 17.1 Å². The Morgan fingerprint density at radius 3 is 3.18 bits per heavy atom. The van der Waals surface area contributed by atoms with E-state index in [1.807, 2.05) is 0 Å². The van der Waals surface area contributed by atoms with Gasteiger partial charge in [-0.15, -0.1) is 6.58 Å². The van der Waals surface area contributed by atoms with Crippen molar-refractivity contribution < 1.29 is 4.74 Å². The lowest BCUT2D eigenvalue weighted by Gasteiger charge is -1.98. The van der Waals surface area contributed by atoms with Crippen molar-refractivity contribution in [3.8, 4) is 5.88 Å². The highest BCUT2D eigenvalue weighted by molar-refractivity contribution is 5.09. The van der Waals surface area contributed by atoms with E-state index in [4.69, 9.17) is 4.74 Å². The minimum Gasteiger partial charge on any atom is -0.481 e. The van der Waals surface area contributed by atoms with Crippen LogP contribution in [0.15, 0.2) is 24.9 Å². The summed E-state index contributed by atoms with van der Waals surface area (Å²) in [4.78, 5) is 8.09. The van der Waals surface area contributed by atoms with Gasteiger partial charge in [0.15, 0.2) is 0 Å². The molecule has 0 N–H and O–H groups in total. The summed E-state index contributed by atoms with van der Waals surface area (Å²) in [6.07, 6.45) is 4.11. The number of aromatic nitrogens is 2. The zero-order valence-corrected chi connectivity index (χ0v) is 6.45. The summed E-state index contributed by atoms with van der Waals surface area (Å²) in [6.45, 7) is 3.59. The quantitative estimate of drug-likeness (QED) is 0.607. The van der Waals surface area contributed by atoms with Gasteiger partial charge in [-0.25, -0.2) is 4.98 Å². The van der Waals surface area contributed by atoms with Crippen molar-refractivity contribution in [2.24, 2.45) is 0 Å². The van der Waals surface area contributed by atoms with Crippen molar-refractivity contribution >= 4 is 0 Å². The van der Waals surface area contributed by atoms with E-state index in [9.17, 15) is 0 Å². The molecule has 0 atom stereocenters. The van der Waals surface area contributed by atoms with Crippen LogP contribution in [0.4, 0.5) is 0 Å². The van der Waals surface area contributed by atoms with Crippen LogP contribution in [0.3, 0.4) is 0 Å². The largest absolute Gasteiger partial charge is 0.481 e. The first-order valence-corrected chi connectivity index (χ1v) is 3.33. The molecule has 11 heavy (non-hydrogen) atoms. The molecule has 0 spiro atoms. The maximum absolute atomic E-state index is 4.92. The van der Waals surface area contributed by atoms with Crippen LogP contribution in [0.2, 0.25) is 0 Å². The summed E-state index contributed by atoms with van der Waals surface area (Å²) in [7, 11) is 1.58. The summed E-state index contributed by atoms with van der Waals surface area (Å²) >= 11 is 0. The lowest BCUT2D eigenvalue weighted by Crippen LogP contribution is -1.94. The topological polar surface area (TPSA) is 35.0 Å². The van der Waals surface area contributed by atoms with E-state index in [1.165, 1.54) is 0 Å². The Bertz CT molecular complexity index is 248. The summed E-state index contributed by atoms with van der Waals surface area (Å²) < 4.78 is 4.92. The third kappa shape index (κ3) is 2.04. The van der Waals surface area contributed by atoms with Crippen molar-refractivity contribution in [3.63, 3.8) is 0 Å². The van der Waals surface area contributed by atoms with Gasteiger partial charge in [-0.2, -0.15) is 4.98 Å². The molecule has 0 aliphatic carbocycles. The third-order valence-corrected chi connectivity index (χ3v) is 1.22. The maximum atomic E-state index is 4.92. The molecule has 0 saturated carbocycles. The Morgan fingerprint density at radius 2 is 2.55 bits per heavy atom. The average molecular weight is 150 g/mol. The van der Waals surface area contributed by atoms with Crippen LogP contribution in [0.1, 0.15) is 5.82 Å². The van der Waals surface area contributed by atoms with E-state index in [1.54, 1.807) is 25.4 Å². The average Bonchev–Trinajstić information content (AvgIpc) is 2.06. The first kappa shape index (κ1) is 7.72. The number of nitrogens with zero attached hydrogens (tertiary/aromatic N) is 2. The van der Waals surface area contributed by atoms with Crippen LogP contribution in [0.5, 0.6) is 5.88 Å². The molecule has 0 aliphatic rings. The lowest BCUT2D eigenvalue weighted by atomic mass is 10.4. The Balaban J connectivity index is 2.82. The van der Waals surface area contributed by atoms with Gasteiger partial charge in [0, 0.05) is 18.7 Å². The highest BCUT2D eigenvalue weighted by atomic mass is 16.5. The van der Waals surface area contributed by atoms with E-state index in [0.29, 0.717) is 12.3 Å². The van der Waals surface area contributed by atoms with Crippen LogP contribution in [0, 0.1) is 0 Å². The summed E-state index contributed by atoms with van der Waals surface area (Å²) in [6, 6.07) is 1.71. The number of allylic oxidation sites excluding steroid dienone is 1. The molecule has 0 fully saturated rings. The number of methoxy groups -OCH3 is 1. The van der Waals surface area contributed by atoms with Gasteiger partial charge in [-0.1, -0.05) is 6.08 Å². The first-order valence-electron chi connectivity index (χ1n) is 3.33. The van der Waals surface area contributed by atoms with Gasteiger partial charge in [0.1, 0.15) is 5.82 Å². The highest BCUT2D eigenvalue weighted by Gasteiger charge is 1.94. The molecule has 1 heterocycles. The molecule has 3 heteroatoms. The minimum absolute atomic E-state index is 0.594. The van der Waals surface area contributed by atoms with Gasteiger partial charge >= 0.3 is 0 Å². The molecule has 0 radical (unpaired) electrons. The molecule has 1 rings (SSSR count). The maximum Gasteiger partial charge on any atom is 0.216 e.